The summed E-state index contributed by atoms with van der Waals surface area (Å²) in [5.74, 6) is 0.515. The zero-order valence-corrected chi connectivity index (χ0v) is 9.48. The molecule has 4 heteroatoms. The second kappa shape index (κ2) is 4.60. The summed E-state index contributed by atoms with van der Waals surface area (Å²) in [7, 11) is 0. The van der Waals surface area contributed by atoms with Crippen molar-refractivity contribution in [3.05, 3.63) is 28.4 Å². The average Bonchev–Trinajstić information content (AvgIpc) is 2.63. The molecule has 0 saturated heterocycles. The van der Waals surface area contributed by atoms with Gasteiger partial charge in [0.05, 0.1) is 6.33 Å². The smallest absolute Gasteiger partial charge is 0.253 e. The normalized spacial score (nSPS) is 20.3. The summed E-state index contributed by atoms with van der Waals surface area (Å²) in [5, 5.41) is 0. The Bertz CT molecular complexity index is 451. The summed E-state index contributed by atoms with van der Waals surface area (Å²) >= 11 is 0. The molecule has 0 aliphatic heterocycles. The van der Waals surface area contributed by atoms with Gasteiger partial charge in [0.2, 0.25) is 0 Å². The number of carbonyl (C=O) groups is 1. The van der Waals surface area contributed by atoms with Crippen molar-refractivity contribution in [3.8, 4) is 0 Å². The van der Waals surface area contributed by atoms with Gasteiger partial charge < -0.3 is 0 Å². The third kappa shape index (κ3) is 2.38. The topological polar surface area (TPSA) is 52.0 Å². The number of hydrogen-bond acceptors (Lipinski definition) is 3. The molecule has 1 atom stereocenters. The molecule has 4 nitrogen and oxygen atoms in total. The highest BCUT2D eigenvalue weighted by atomic mass is 16.1. The lowest BCUT2D eigenvalue weighted by Crippen LogP contribution is -2.22. The predicted molar refractivity (Wildman–Crippen MR) is 60.2 cm³/mol. The predicted octanol–water partition coefficient (Wildman–Crippen LogP) is 1.31. The lowest BCUT2D eigenvalue weighted by Gasteiger charge is -2.09. The van der Waals surface area contributed by atoms with E-state index >= 15 is 0 Å². The molecule has 1 saturated carbocycles. The van der Waals surface area contributed by atoms with E-state index in [2.05, 4.69) is 4.98 Å². The molecule has 16 heavy (non-hydrogen) atoms. The molecule has 1 heterocycles. The van der Waals surface area contributed by atoms with Crippen LogP contribution < -0.4 is 5.56 Å². The van der Waals surface area contributed by atoms with Gasteiger partial charge in [-0.1, -0.05) is 0 Å². The van der Waals surface area contributed by atoms with Gasteiger partial charge in [-0.25, -0.2) is 4.98 Å². The number of nitrogens with zero attached hydrogens (tertiary/aromatic N) is 2. The molecule has 1 aromatic heterocycles. The monoisotopic (exact) mass is 220 g/mol. The Morgan fingerprint density at radius 3 is 2.94 bits per heavy atom. The fourth-order valence-electron chi connectivity index (χ4n) is 2.17. The summed E-state index contributed by atoms with van der Waals surface area (Å²) in [6.07, 6.45) is 5.03. The van der Waals surface area contributed by atoms with Crippen LogP contribution in [0.4, 0.5) is 0 Å². The minimum Gasteiger partial charge on any atom is -0.299 e. The van der Waals surface area contributed by atoms with Gasteiger partial charge in [0.25, 0.3) is 5.56 Å². The summed E-state index contributed by atoms with van der Waals surface area (Å²) < 4.78 is 1.58. The summed E-state index contributed by atoms with van der Waals surface area (Å²) in [5.41, 5.74) is 0.705. The highest BCUT2D eigenvalue weighted by Gasteiger charge is 2.23. The quantitative estimate of drug-likeness (QED) is 0.771. The van der Waals surface area contributed by atoms with Crippen molar-refractivity contribution in [2.45, 2.75) is 39.2 Å². The molecule has 0 aromatic carbocycles. The zero-order chi connectivity index (χ0) is 11.5. The highest BCUT2D eigenvalue weighted by Crippen LogP contribution is 2.24. The van der Waals surface area contributed by atoms with Crippen LogP contribution in [0.5, 0.6) is 0 Å². The van der Waals surface area contributed by atoms with Crippen molar-refractivity contribution >= 4 is 5.78 Å². The van der Waals surface area contributed by atoms with Gasteiger partial charge in [-0.15, -0.1) is 0 Å². The maximum Gasteiger partial charge on any atom is 0.253 e. The van der Waals surface area contributed by atoms with Crippen LogP contribution in [0.15, 0.2) is 17.2 Å². The van der Waals surface area contributed by atoms with E-state index in [0.29, 0.717) is 18.7 Å². The number of Topliss-reactive ketones (excluding diaryl/α,β-unsaturated/α-hetero) is 1. The van der Waals surface area contributed by atoms with Crippen molar-refractivity contribution in [3.63, 3.8) is 0 Å². The first-order chi connectivity index (χ1) is 7.66. The van der Waals surface area contributed by atoms with E-state index in [1.54, 1.807) is 17.8 Å². The zero-order valence-electron chi connectivity index (χ0n) is 9.48. The lowest BCUT2D eigenvalue weighted by molar-refractivity contribution is -0.120. The fraction of sp³-hybridized carbons (Fsp3) is 0.583. The van der Waals surface area contributed by atoms with E-state index < -0.39 is 0 Å². The number of rotatable bonds is 3. The largest absolute Gasteiger partial charge is 0.299 e. The Morgan fingerprint density at radius 1 is 1.50 bits per heavy atom. The van der Waals surface area contributed by atoms with Crippen molar-refractivity contribution in [1.82, 2.24) is 9.55 Å². The Hall–Kier alpha value is -1.45. The molecule has 2 rings (SSSR count). The first kappa shape index (κ1) is 11.0. The number of aryl methyl sites for hydroxylation is 2. The summed E-state index contributed by atoms with van der Waals surface area (Å²) in [4.78, 5) is 27.1. The molecule has 1 aromatic rings. The Labute approximate surface area is 94.3 Å². The first-order valence-corrected chi connectivity index (χ1v) is 5.72. The number of aromatic nitrogens is 2. The molecule has 1 fully saturated rings. The first-order valence-electron chi connectivity index (χ1n) is 5.72. The van der Waals surface area contributed by atoms with Crippen LogP contribution >= 0.6 is 0 Å². The second-order valence-corrected chi connectivity index (χ2v) is 4.41. The SMILES string of the molecule is Cc1cc(=O)n(CCC2CCCC2=O)cn1. The van der Waals surface area contributed by atoms with E-state index in [0.717, 1.165) is 25.0 Å². The van der Waals surface area contributed by atoms with Crippen LogP contribution in [0, 0.1) is 12.8 Å². The Kier molecular flexibility index (Phi) is 3.17. The lowest BCUT2D eigenvalue weighted by atomic mass is 10.0. The summed E-state index contributed by atoms with van der Waals surface area (Å²) in [6, 6.07) is 1.52. The molecular weight excluding hydrogens is 204 g/mol. The van der Waals surface area contributed by atoms with E-state index in [1.807, 2.05) is 0 Å². The molecule has 0 amide bonds. The highest BCUT2D eigenvalue weighted by molar-refractivity contribution is 5.82. The van der Waals surface area contributed by atoms with Crippen molar-refractivity contribution < 1.29 is 4.79 Å². The van der Waals surface area contributed by atoms with Crippen molar-refractivity contribution in [2.24, 2.45) is 5.92 Å². The van der Waals surface area contributed by atoms with Crippen LogP contribution in [-0.2, 0) is 11.3 Å². The third-order valence-electron chi connectivity index (χ3n) is 3.17. The molecule has 0 N–H and O–H groups in total. The summed E-state index contributed by atoms with van der Waals surface area (Å²) in [6.45, 7) is 2.40. The molecule has 86 valence electrons. The average molecular weight is 220 g/mol. The van der Waals surface area contributed by atoms with Crippen LogP contribution in [0.2, 0.25) is 0 Å². The van der Waals surface area contributed by atoms with Gasteiger partial charge in [-0.2, -0.15) is 0 Å². The van der Waals surface area contributed by atoms with E-state index in [-0.39, 0.29) is 11.5 Å². The van der Waals surface area contributed by atoms with E-state index in [1.165, 1.54) is 6.07 Å². The van der Waals surface area contributed by atoms with Crippen LogP contribution in [0.1, 0.15) is 31.4 Å². The van der Waals surface area contributed by atoms with Gasteiger partial charge >= 0.3 is 0 Å². The minimum atomic E-state index is -0.0297. The molecule has 1 aliphatic carbocycles. The Balaban J connectivity index is 1.99. The van der Waals surface area contributed by atoms with Crippen LogP contribution in [-0.4, -0.2) is 15.3 Å². The van der Waals surface area contributed by atoms with E-state index in [9.17, 15) is 9.59 Å². The standard InChI is InChI=1S/C12H16N2O2/c1-9-7-12(16)14(8-13-9)6-5-10-3-2-4-11(10)15/h7-8,10H,2-6H2,1H3. The maximum absolute atomic E-state index is 11.6. The Morgan fingerprint density at radius 2 is 2.31 bits per heavy atom. The molecular formula is C12H16N2O2. The molecule has 1 unspecified atom stereocenters. The van der Waals surface area contributed by atoms with Gasteiger partial charge in [0.1, 0.15) is 5.78 Å². The van der Waals surface area contributed by atoms with Crippen LogP contribution in [0.3, 0.4) is 0 Å². The van der Waals surface area contributed by atoms with Crippen molar-refractivity contribution in [1.29, 1.82) is 0 Å². The molecule has 1 aliphatic rings. The third-order valence-corrected chi connectivity index (χ3v) is 3.17. The number of ketones is 1. The van der Waals surface area contributed by atoms with Gasteiger partial charge in [-0.05, 0) is 26.2 Å². The van der Waals surface area contributed by atoms with Gasteiger partial charge in [-0.3, -0.25) is 14.2 Å². The minimum absolute atomic E-state index is 0.0297. The number of hydrogen-bond donors (Lipinski definition) is 0. The van der Waals surface area contributed by atoms with Crippen LogP contribution in [0.25, 0.3) is 0 Å². The van der Waals surface area contributed by atoms with E-state index in [4.69, 9.17) is 0 Å². The van der Waals surface area contributed by atoms with Gasteiger partial charge in [0, 0.05) is 30.6 Å². The molecule has 0 radical (unpaired) electrons. The number of carbonyl (C=O) groups excluding carboxylic acids is 1. The fourth-order valence-corrected chi connectivity index (χ4v) is 2.17. The second-order valence-electron chi connectivity index (χ2n) is 4.41. The molecule has 0 bridgehead atoms. The maximum atomic E-state index is 11.6. The molecule has 0 spiro atoms. The van der Waals surface area contributed by atoms with Crippen molar-refractivity contribution in [2.75, 3.05) is 0 Å². The van der Waals surface area contributed by atoms with Gasteiger partial charge in [0.15, 0.2) is 0 Å².